The lowest BCUT2D eigenvalue weighted by Crippen LogP contribution is -2.32. The van der Waals surface area contributed by atoms with Gasteiger partial charge in [0.2, 0.25) is 0 Å². The minimum absolute atomic E-state index is 0.0838. The number of aromatic hydroxyl groups is 1. The van der Waals surface area contributed by atoms with Crippen LogP contribution in [0.3, 0.4) is 0 Å². The number of aromatic nitrogens is 2. The maximum atomic E-state index is 13.5. The van der Waals surface area contributed by atoms with E-state index in [0.29, 0.717) is 35.7 Å². The van der Waals surface area contributed by atoms with E-state index in [1.165, 1.54) is 12.1 Å². The molecule has 0 aliphatic carbocycles. The second-order valence-electron chi connectivity index (χ2n) is 6.83. The summed E-state index contributed by atoms with van der Waals surface area (Å²) in [5, 5.41) is 17.5. The Morgan fingerprint density at radius 2 is 2.00 bits per heavy atom. The molecule has 144 valence electrons. The SMILES string of the molecule is COCCN1C(=O)c2[nH]nc(-c3cc(C)ccc3O)c2[C@@H]1c1ccc(F)cc1. The van der Waals surface area contributed by atoms with Gasteiger partial charge in [-0.25, -0.2) is 4.39 Å². The first kappa shape index (κ1) is 18.2. The van der Waals surface area contributed by atoms with Gasteiger partial charge in [0, 0.05) is 24.8 Å². The van der Waals surface area contributed by atoms with Crippen molar-refractivity contribution in [3.63, 3.8) is 0 Å². The Bertz CT molecular complexity index is 1030. The molecular weight excluding hydrogens is 361 g/mol. The van der Waals surface area contributed by atoms with Crippen LogP contribution in [0.15, 0.2) is 42.5 Å². The predicted molar refractivity (Wildman–Crippen MR) is 102 cm³/mol. The molecule has 6 nitrogen and oxygen atoms in total. The molecule has 2 heterocycles. The topological polar surface area (TPSA) is 78.5 Å². The van der Waals surface area contributed by atoms with Gasteiger partial charge in [0.15, 0.2) is 0 Å². The lowest BCUT2D eigenvalue weighted by Gasteiger charge is -2.26. The highest BCUT2D eigenvalue weighted by molar-refractivity contribution is 6.00. The molecule has 2 aromatic carbocycles. The van der Waals surface area contributed by atoms with Crippen molar-refractivity contribution in [2.45, 2.75) is 13.0 Å². The number of H-pyrrole nitrogens is 1. The summed E-state index contributed by atoms with van der Waals surface area (Å²) >= 11 is 0. The van der Waals surface area contributed by atoms with Crippen molar-refractivity contribution in [3.8, 4) is 17.0 Å². The van der Waals surface area contributed by atoms with Crippen LogP contribution in [-0.4, -0.2) is 46.4 Å². The van der Waals surface area contributed by atoms with Crippen molar-refractivity contribution in [2.24, 2.45) is 0 Å². The predicted octanol–water partition coefficient (Wildman–Crippen LogP) is 3.42. The molecule has 0 saturated heterocycles. The number of nitrogens with zero attached hydrogens (tertiary/aromatic N) is 2. The molecule has 4 rings (SSSR count). The van der Waals surface area contributed by atoms with Crippen molar-refractivity contribution in [2.75, 3.05) is 20.3 Å². The third-order valence-electron chi connectivity index (χ3n) is 4.99. The molecule has 0 saturated carbocycles. The monoisotopic (exact) mass is 381 g/mol. The van der Waals surface area contributed by atoms with Crippen LogP contribution in [-0.2, 0) is 4.74 Å². The second kappa shape index (κ2) is 7.09. The van der Waals surface area contributed by atoms with E-state index in [-0.39, 0.29) is 17.5 Å². The molecule has 0 unspecified atom stereocenters. The number of fused-ring (bicyclic) bond motifs is 1. The molecule has 1 aliphatic rings. The number of amides is 1. The Balaban J connectivity index is 1.89. The number of carbonyl (C=O) groups excluding carboxylic acids is 1. The summed E-state index contributed by atoms with van der Waals surface area (Å²) in [4.78, 5) is 14.7. The number of phenols is 1. The van der Waals surface area contributed by atoms with Crippen molar-refractivity contribution in [1.29, 1.82) is 0 Å². The van der Waals surface area contributed by atoms with Crippen LogP contribution < -0.4 is 0 Å². The lowest BCUT2D eigenvalue weighted by atomic mass is 9.95. The third-order valence-corrected chi connectivity index (χ3v) is 4.99. The standard InChI is InChI=1S/C21H20FN3O3/c1-12-3-8-16(26)15(11-12)18-17-19(24-23-18)21(27)25(9-10-28-2)20(17)13-4-6-14(22)7-5-13/h3-8,11,20,26H,9-10H2,1-2H3,(H,23,24)/t20-/m0/s1. The highest BCUT2D eigenvalue weighted by Crippen LogP contribution is 2.44. The number of hydrogen-bond acceptors (Lipinski definition) is 4. The van der Waals surface area contributed by atoms with E-state index in [1.54, 1.807) is 36.3 Å². The number of aromatic amines is 1. The number of phenolic OH excluding ortho intramolecular Hbond substituents is 1. The average Bonchev–Trinajstić information content (AvgIpc) is 3.22. The van der Waals surface area contributed by atoms with E-state index >= 15 is 0 Å². The molecule has 0 fully saturated rings. The number of nitrogens with one attached hydrogen (secondary N) is 1. The van der Waals surface area contributed by atoms with Gasteiger partial charge in [-0.2, -0.15) is 5.10 Å². The van der Waals surface area contributed by atoms with Crippen LogP contribution in [0.25, 0.3) is 11.3 Å². The third kappa shape index (κ3) is 2.93. The molecular formula is C21H20FN3O3. The van der Waals surface area contributed by atoms with Gasteiger partial charge in [0.25, 0.3) is 5.91 Å². The molecule has 1 aliphatic heterocycles. The Labute approximate surface area is 161 Å². The molecule has 1 atom stereocenters. The number of carbonyl (C=O) groups is 1. The van der Waals surface area contributed by atoms with Gasteiger partial charge in [-0.15, -0.1) is 0 Å². The van der Waals surface area contributed by atoms with E-state index in [0.717, 1.165) is 11.1 Å². The van der Waals surface area contributed by atoms with E-state index in [9.17, 15) is 14.3 Å². The number of ether oxygens (including phenoxy) is 1. The molecule has 7 heteroatoms. The fourth-order valence-corrected chi connectivity index (χ4v) is 3.65. The first-order valence-electron chi connectivity index (χ1n) is 8.95. The molecule has 1 aromatic heterocycles. The molecule has 1 amide bonds. The van der Waals surface area contributed by atoms with Gasteiger partial charge in [-0.05, 0) is 36.8 Å². The smallest absolute Gasteiger partial charge is 0.273 e. The van der Waals surface area contributed by atoms with Crippen molar-refractivity contribution >= 4 is 5.91 Å². The Morgan fingerprint density at radius 1 is 1.25 bits per heavy atom. The maximum absolute atomic E-state index is 13.5. The first-order chi connectivity index (χ1) is 13.5. The highest BCUT2D eigenvalue weighted by atomic mass is 19.1. The summed E-state index contributed by atoms with van der Waals surface area (Å²) in [6, 6.07) is 10.9. The quantitative estimate of drug-likeness (QED) is 0.710. The van der Waals surface area contributed by atoms with Crippen LogP contribution in [0.1, 0.15) is 33.2 Å². The highest BCUT2D eigenvalue weighted by Gasteiger charge is 2.42. The van der Waals surface area contributed by atoms with Crippen LogP contribution in [0.2, 0.25) is 0 Å². The van der Waals surface area contributed by atoms with Crippen LogP contribution in [0.5, 0.6) is 5.75 Å². The van der Waals surface area contributed by atoms with Crippen LogP contribution in [0.4, 0.5) is 4.39 Å². The molecule has 3 aromatic rings. The Kier molecular flexibility index (Phi) is 4.60. The zero-order valence-corrected chi connectivity index (χ0v) is 15.6. The van der Waals surface area contributed by atoms with E-state index < -0.39 is 6.04 Å². The Morgan fingerprint density at radius 3 is 2.71 bits per heavy atom. The largest absolute Gasteiger partial charge is 0.507 e. The molecule has 28 heavy (non-hydrogen) atoms. The first-order valence-corrected chi connectivity index (χ1v) is 8.95. The Hall–Kier alpha value is -3.19. The van der Waals surface area contributed by atoms with Gasteiger partial charge in [0.1, 0.15) is 23.0 Å². The van der Waals surface area contributed by atoms with Crippen LogP contribution >= 0.6 is 0 Å². The zero-order valence-electron chi connectivity index (χ0n) is 15.6. The average molecular weight is 381 g/mol. The number of aryl methyl sites for hydroxylation is 1. The molecule has 0 spiro atoms. The summed E-state index contributed by atoms with van der Waals surface area (Å²) in [7, 11) is 1.57. The minimum Gasteiger partial charge on any atom is -0.507 e. The van der Waals surface area contributed by atoms with Gasteiger partial charge < -0.3 is 14.7 Å². The fraction of sp³-hybridized carbons (Fsp3) is 0.238. The minimum atomic E-state index is -0.452. The second-order valence-corrected chi connectivity index (χ2v) is 6.83. The summed E-state index contributed by atoms with van der Waals surface area (Å²) in [5.74, 6) is -0.465. The van der Waals surface area contributed by atoms with E-state index in [1.807, 2.05) is 13.0 Å². The summed E-state index contributed by atoms with van der Waals surface area (Å²) < 4.78 is 18.6. The fourth-order valence-electron chi connectivity index (χ4n) is 3.65. The molecule has 2 N–H and O–H groups in total. The number of methoxy groups -OCH3 is 1. The number of rotatable bonds is 5. The summed E-state index contributed by atoms with van der Waals surface area (Å²) in [5.41, 5.74) is 3.84. The number of hydrogen-bond donors (Lipinski definition) is 2. The number of halogens is 1. The summed E-state index contributed by atoms with van der Waals surface area (Å²) in [6.45, 7) is 2.66. The van der Waals surface area contributed by atoms with Gasteiger partial charge in [-0.1, -0.05) is 23.8 Å². The van der Waals surface area contributed by atoms with Crippen molar-refractivity contribution < 1.29 is 19.0 Å². The normalized spacial score (nSPS) is 15.9. The van der Waals surface area contributed by atoms with Crippen molar-refractivity contribution in [3.05, 3.63) is 70.7 Å². The zero-order chi connectivity index (χ0) is 19.8. The van der Waals surface area contributed by atoms with Crippen molar-refractivity contribution in [1.82, 2.24) is 15.1 Å². The van der Waals surface area contributed by atoms with Gasteiger partial charge in [0.05, 0.1) is 12.6 Å². The molecule has 0 radical (unpaired) electrons. The maximum Gasteiger partial charge on any atom is 0.273 e. The van der Waals surface area contributed by atoms with Gasteiger partial charge >= 0.3 is 0 Å². The number of benzene rings is 2. The lowest BCUT2D eigenvalue weighted by molar-refractivity contribution is 0.0677. The van der Waals surface area contributed by atoms with Crippen LogP contribution in [0, 0.1) is 12.7 Å². The van der Waals surface area contributed by atoms with Gasteiger partial charge in [-0.3, -0.25) is 9.89 Å². The summed E-state index contributed by atoms with van der Waals surface area (Å²) in [6.07, 6.45) is 0. The van der Waals surface area contributed by atoms with E-state index in [2.05, 4.69) is 10.2 Å². The van der Waals surface area contributed by atoms with E-state index in [4.69, 9.17) is 4.74 Å². The molecule has 0 bridgehead atoms.